The van der Waals surface area contributed by atoms with Gasteiger partial charge in [-0.3, -0.25) is 0 Å². The number of hydrogen-bond acceptors (Lipinski definition) is 0. The van der Waals surface area contributed by atoms with Gasteiger partial charge in [0.25, 0.3) is 0 Å². The van der Waals surface area contributed by atoms with E-state index in [2.05, 4.69) is 7.28 Å². The first-order valence-electron chi connectivity index (χ1n) is 6.80. The fraction of sp³-hybridized carbons (Fsp3) is 1.00. The average Bonchev–Trinajstić information content (AvgIpc) is 2.62. The Morgan fingerprint density at radius 3 is 2.07 bits per heavy atom. The highest BCUT2D eigenvalue weighted by Crippen LogP contribution is 2.37. The molecule has 0 spiro atoms. The van der Waals surface area contributed by atoms with E-state index in [1.807, 2.05) is 0 Å². The van der Waals surface area contributed by atoms with Crippen molar-refractivity contribution < 1.29 is 0 Å². The largest absolute Gasteiger partial charge is 0.113 e. The van der Waals surface area contributed by atoms with Gasteiger partial charge in [0.1, 0.15) is 7.28 Å². The Hall–Kier alpha value is 0.0649. The molecule has 1 saturated heterocycles. The van der Waals surface area contributed by atoms with Crippen LogP contribution in [0.3, 0.4) is 0 Å². The van der Waals surface area contributed by atoms with Crippen LogP contribution in [0.1, 0.15) is 64.2 Å². The van der Waals surface area contributed by atoms with Gasteiger partial charge in [-0.1, -0.05) is 76.3 Å². The molecule has 0 aromatic carbocycles. The highest BCUT2D eigenvalue weighted by Gasteiger charge is 2.23. The molecule has 0 aromatic rings. The molecule has 2 fully saturated rings. The van der Waals surface area contributed by atoms with Gasteiger partial charge in [0, 0.05) is 0 Å². The summed E-state index contributed by atoms with van der Waals surface area (Å²) < 4.78 is 0. The minimum atomic E-state index is 0.996. The molecule has 14 heavy (non-hydrogen) atoms. The average molecular weight is 191 g/mol. The van der Waals surface area contributed by atoms with Gasteiger partial charge in [-0.25, -0.2) is 0 Å². The molecule has 0 bridgehead atoms. The maximum Gasteiger partial charge on any atom is 0.113 e. The predicted octanol–water partition coefficient (Wildman–Crippen LogP) is 4.44. The summed E-state index contributed by atoms with van der Waals surface area (Å²) in [7, 11) is 2.67. The van der Waals surface area contributed by atoms with Gasteiger partial charge in [-0.05, 0) is 5.92 Å². The van der Waals surface area contributed by atoms with Crippen LogP contribution in [0, 0.1) is 5.92 Å². The zero-order chi connectivity index (χ0) is 9.64. The standard InChI is InChI=1S/C13H24B/c1-2-5-9-12(8-4-1)13-10-6-3-7-11-14-13/h12-13H,1-11H2. The molecular formula is C13H24B. The second-order valence-electron chi connectivity index (χ2n) is 5.29. The van der Waals surface area contributed by atoms with Crippen LogP contribution in [0.25, 0.3) is 0 Å². The topological polar surface area (TPSA) is 0 Å². The molecular weight excluding hydrogens is 167 g/mol. The lowest BCUT2D eigenvalue weighted by molar-refractivity contribution is 0.409. The molecule has 0 N–H and O–H groups in total. The summed E-state index contributed by atoms with van der Waals surface area (Å²) in [6.45, 7) is 0. The first-order chi connectivity index (χ1) is 6.97. The van der Waals surface area contributed by atoms with E-state index in [1.165, 1.54) is 70.5 Å². The van der Waals surface area contributed by atoms with Crippen LogP contribution in [0.15, 0.2) is 0 Å². The zero-order valence-corrected chi connectivity index (χ0v) is 9.51. The molecule has 2 rings (SSSR count). The van der Waals surface area contributed by atoms with Gasteiger partial charge >= 0.3 is 0 Å². The molecule has 1 unspecified atom stereocenters. The SMILES string of the molecule is [B]1CCCCCC1C1CCCCCC1. The Morgan fingerprint density at radius 1 is 0.643 bits per heavy atom. The minimum Gasteiger partial charge on any atom is -0.0799 e. The highest BCUT2D eigenvalue weighted by molar-refractivity contribution is 6.37. The lowest BCUT2D eigenvalue weighted by Crippen LogP contribution is -2.13. The van der Waals surface area contributed by atoms with E-state index >= 15 is 0 Å². The second kappa shape index (κ2) is 5.83. The van der Waals surface area contributed by atoms with Crippen molar-refractivity contribution in [3.05, 3.63) is 0 Å². The normalized spacial score (nSPS) is 31.6. The minimum absolute atomic E-state index is 0.996. The summed E-state index contributed by atoms with van der Waals surface area (Å²) in [5.41, 5.74) is 0. The molecule has 2 aliphatic rings. The number of hydrogen-bond donors (Lipinski definition) is 0. The van der Waals surface area contributed by atoms with Crippen molar-refractivity contribution in [2.75, 3.05) is 0 Å². The van der Waals surface area contributed by atoms with E-state index in [0.29, 0.717) is 0 Å². The highest BCUT2D eigenvalue weighted by atomic mass is 14.2. The van der Waals surface area contributed by atoms with Gasteiger partial charge in [-0.15, -0.1) is 0 Å². The molecule has 1 aliphatic heterocycles. The molecule has 1 aliphatic carbocycles. The van der Waals surface area contributed by atoms with Crippen molar-refractivity contribution in [2.24, 2.45) is 5.92 Å². The second-order valence-corrected chi connectivity index (χ2v) is 5.29. The van der Waals surface area contributed by atoms with Crippen molar-refractivity contribution >= 4 is 7.28 Å². The van der Waals surface area contributed by atoms with Crippen LogP contribution >= 0.6 is 0 Å². The molecule has 1 heteroatoms. The number of rotatable bonds is 1. The molecule has 0 nitrogen and oxygen atoms in total. The smallest absolute Gasteiger partial charge is 0.0799 e. The predicted molar refractivity (Wildman–Crippen MR) is 64.0 cm³/mol. The monoisotopic (exact) mass is 191 g/mol. The Balaban J connectivity index is 1.83. The third-order valence-corrected chi connectivity index (χ3v) is 4.22. The summed E-state index contributed by atoms with van der Waals surface area (Å²) in [5.74, 6) is 2.06. The van der Waals surface area contributed by atoms with E-state index < -0.39 is 0 Å². The van der Waals surface area contributed by atoms with Gasteiger partial charge in [0.15, 0.2) is 0 Å². The van der Waals surface area contributed by atoms with Crippen molar-refractivity contribution in [2.45, 2.75) is 76.3 Å². The quantitative estimate of drug-likeness (QED) is 0.424. The lowest BCUT2D eigenvalue weighted by Gasteiger charge is -2.24. The van der Waals surface area contributed by atoms with Crippen molar-refractivity contribution in [1.29, 1.82) is 0 Å². The van der Waals surface area contributed by atoms with Crippen molar-refractivity contribution in [1.82, 2.24) is 0 Å². The van der Waals surface area contributed by atoms with Crippen LogP contribution in [0.5, 0.6) is 0 Å². The van der Waals surface area contributed by atoms with E-state index in [0.717, 1.165) is 11.7 Å². The van der Waals surface area contributed by atoms with Crippen LogP contribution in [0.4, 0.5) is 0 Å². The fourth-order valence-electron chi connectivity index (χ4n) is 3.32. The Morgan fingerprint density at radius 2 is 1.29 bits per heavy atom. The summed E-state index contributed by atoms with van der Waals surface area (Å²) in [6, 6.07) is 0. The van der Waals surface area contributed by atoms with E-state index in [1.54, 1.807) is 0 Å². The molecule has 0 aromatic heterocycles. The molecule has 1 saturated carbocycles. The Labute approximate surface area is 90.1 Å². The lowest BCUT2D eigenvalue weighted by atomic mass is 9.55. The molecule has 1 atom stereocenters. The first-order valence-corrected chi connectivity index (χ1v) is 6.80. The van der Waals surface area contributed by atoms with E-state index in [9.17, 15) is 0 Å². The van der Waals surface area contributed by atoms with Crippen LogP contribution in [-0.2, 0) is 0 Å². The third kappa shape index (κ3) is 3.03. The Kier molecular flexibility index (Phi) is 4.40. The van der Waals surface area contributed by atoms with Gasteiger partial charge in [0.05, 0.1) is 0 Å². The van der Waals surface area contributed by atoms with Gasteiger partial charge in [-0.2, -0.15) is 0 Å². The van der Waals surface area contributed by atoms with Crippen LogP contribution in [-0.4, -0.2) is 7.28 Å². The molecule has 0 amide bonds. The Bertz CT molecular complexity index is 121. The van der Waals surface area contributed by atoms with Gasteiger partial charge < -0.3 is 0 Å². The van der Waals surface area contributed by atoms with Crippen LogP contribution < -0.4 is 0 Å². The maximum absolute atomic E-state index is 2.67. The van der Waals surface area contributed by atoms with Crippen molar-refractivity contribution in [3.63, 3.8) is 0 Å². The summed E-state index contributed by atoms with van der Waals surface area (Å²) in [6.07, 6.45) is 16.4. The van der Waals surface area contributed by atoms with Gasteiger partial charge in [0.2, 0.25) is 0 Å². The molecule has 1 radical (unpaired) electrons. The maximum atomic E-state index is 2.67. The van der Waals surface area contributed by atoms with Crippen LogP contribution in [0.2, 0.25) is 12.1 Å². The summed E-state index contributed by atoms with van der Waals surface area (Å²) in [5, 5.41) is 0. The molecule has 1 heterocycles. The third-order valence-electron chi connectivity index (χ3n) is 4.22. The summed E-state index contributed by atoms with van der Waals surface area (Å²) in [4.78, 5) is 0. The van der Waals surface area contributed by atoms with E-state index in [4.69, 9.17) is 0 Å². The summed E-state index contributed by atoms with van der Waals surface area (Å²) >= 11 is 0. The fourth-order valence-corrected chi connectivity index (χ4v) is 3.32. The van der Waals surface area contributed by atoms with Crippen molar-refractivity contribution in [3.8, 4) is 0 Å². The first kappa shape index (κ1) is 10.6. The van der Waals surface area contributed by atoms with E-state index in [-0.39, 0.29) is 0 Å². The molecule has 79 valence electrons. The zero-order valence-electron chi connectivity index (χ0n) is 9.51.